The summed E-state index contributed by atoms with van der Waals surface area (Å²) >= 11 is 0. The molecule has 138 valence electrons. The lowest BCUT2D eigenvalue weighted by Crippen LogP contribution is -2.52. The molecular weight excluding hydrogens is 352 g/mol. The van der Waals surface area contributed by atoms with E-state index in [4.69, 9.17) is 5.73 Å². The molecule has 6 nitrogen and oxygen atoms in total. The predicted octanol–water partition coefficient (Wildman–Crippen LogP) is 2.25. The highest BCUT2D eigenvalue weighted by Crippen LogP contribution is 2.21. The number of esters is 1. The Bertz CT molecular complexity index is 677. The second-order valence-corrected chi connectivity index (χ2v) is 8.12. The number of hydrogen-bond acceptors (Lipinski definition) is 5. The predicted molar refractivity (Wildman–Crippen MR) is 97.0 cm³/mol. The number of sulfonamides is 1. The highest BCUT2D eigenvalue weighted by Gasteiger charge is 2.30. The maximum Gasteiger partial charge on any atom is 0.338 e. The molecule has 0 aromatic heterocycles. The average Bonchev–Trinajstić information content (AvgIpc) is 2.45. The number of halogens is 1. The van der Waals surface area contributed by atoms with Gasteiger partial charge in [-0.05, 0) is 43.9 Å². The van der Waals surface area contributed by atoms with E-state index < -0.39 is 21.5 Å². The number of nitrogens with two attached hydrogens (primary N) is 1. The van der Waals surface area contributed by atoms with Gasteiger partial charge in [0.15, 0.2) is 0 Å². The standard InChI is InChI=1S/C16H26N2O4S.ClH/c1-11(2)9-16(4,10-17)18-23(20,21)13-7-6-12(3)14(8-13)15(19)22-5;/h6-8,11,18H,9-10,17H2,1-5H3;1H. The molecule has 1 aromatic carbocycles. The van der Waals surface area contributed by atoms with Crippen molar-refractivity contribution < 1.29 is 17.9 Å². The summed E-state index contributed by atoms with van der Waals surface area (Å²) in [6.45, 7) is 7.69. The maximum absolute atomic E-state index is 12.6. The zero-order chi connectivity index (χ0) is 17.8. The molecule has 0 heterocycles. The second-order valence-electron chi connectivity index (χ2n) is 6.44. The van der Waals surface area contributed by atoms with Gasteiger partial charge in [0, 0.05) is 12.1 Å². The first-order valence-corrected chi connectivity index (χ1v) is 8.96. The smallest absolute Gasteiger partial charge is 0.338 e. The van der Waals surface area contributed by atoms with Crippen LogP contribution >= 0.6 is 12.4 Å². The second kappa shape index (κ2) is 8.80. The van der Waals surface area contributed by atoms with Gasteiger partial charge in [-0.1, -0.05) is 19.9 Å². The lowest BCUT2D eigenvalue weighted by Gasteiger charge is -2.30. The van der Waals surface area contributed by atoms with Gasteiger partial charge in [0.25, 0.3) is 0 Å². The van der Waals surface area contributed by atoms with Crippen molar-refractivity contribution in [3.05, 3.63) is 29.3 Å². The summed E-state index contributed by atoms with van der Waals surface area (Å²) in [7, 11) is -2.54. The summed E-state index contributed by atoms with van der Waals surface area (Å²) < 4.78 is 32.6. The Morgan fingerprint density at radius 3 is 2.42 bits per heavy atom. The van der Waals surface area contributed by atoms with Gasteiger partial charge < -0.3 is 10.5 Å². The minimum atomic E-state index is -3.79. The van der Waals surface area contributed by atoms with Crippen LogP contribution < -0.4 is 10.5 Å². The molecule has 0 spiro atoms. The quantitative estimate of drug-likeness (QED) is 0.709. The van der Waals surface area contributed by atoms with Crippen LogP contribution in [0, 0.1) is 12.8 Å². The molecule has 0 aliphatic heterocycles. The fourth-order valence-electron chi connectivity index (χ4n) is 2.55. The molecule has 0 amide bonds. The van der Waals surface area contributed by atoms with Gasteiger partial charge >= 0.3 is 5.97 Å². The Morgan fingerprint density at radius 1 is 1.38 bits per heavy atom. The van der Waals surface area contributed by atoms with E-state index in [0.29, 0.717) is 12.0 Å². The Labute approximate surface area is 150 Å². The Kier molecular flexibility index (Phi) is 8.38. The molecule has 0 saturated heterocycles. The number of nitrogens with one attached hydrogen (secondary N) is 1. The number of methoxy groups -OCH3 is 1. The third kappa shape index (κ3) is 5.73. The van der Waals surface area contributed by atoms with Gasteiger partial charge in [0.1, 0.15) is 0 Å². The molecular formula is C16H27ClN2O4S. The van der Waals surface area contributed by atoms with Gasteiger partial charge in [0.2, 0.25) is 10.0 Å². The van der Waals surface area contributed by atoms with E-state index in [-0.39, 0.29) is 35.3 Å². The molecule has 0 saturated carbocycles. The first kappa shape index (κ1) is 22.9. The Morgan fingerprint density at radius 2 is 1.96 bits per heavy atom. The third-order valence-electron chi connectivity index (χ3n) is 3.61. The minimum Gasteiger partial charge on any atom is -0.465 e. The van der Waals surface area contributed by atoms with Crippen molar-refractivity contribution in [3.8, 4) is 0 Å². The lowest BCUT2D eigenvalue weighted by atomic mass is 9.92. The lowest BCUT2D eigenvalue weighted by molar-refractivity contribution is 0.0599. The number of carbonyl (C=O) groups is 1. The van der Waals surface area contributed by atoms with Crippen LogP contribution in [0.5, 0.6) is 0 Å². The first-order chi connectivity index (χ1) is 10.5. The van der Waals surface area contributed by atoms with Gasteiger partial charge in [-0.2, -0.15) is 0 Å². The zero-order valence-corrected chi connectivity index (χ0v) is 16.4. The molecule has 1 unspecified atom stereocenters. The normalized spacial score (nSPS) is 14.0. The largest absolute Gasteiger partial charge is 0.465 e. The van der Waals surface area contributed by atoms with E-state index in [1.165, 1.54) is 19.2 Å². The van der Waals surface area contributed by atoms with E-state index in [1.54, 1.807) is 19.9 Å². The van der Waals surface area contributed by atoms with Crippen LogP contribution in [-0.4, -0.2) is 33.6 Å². The summed E-state index contributed by atoms with van der Waals surface area (Å²) in [5.74, 6) is -0.279. The van der Waals surface area contributed by atoms with Crippen molar-refractivity contribution >= 4 is 28.4 Å². The van der Waals surface area contributed by atoms with Crippen molar-refractivity contribution in [1.29, 1.82) is 0 Å². The van der Waals surface area contributed by atoms with E-state index in [1.807, 2.05) is 13.8 Å². The molecule has 0 radical (unpaired) electrons. The molecule has 24 heavy (non-hydrogen) atoms. The van der Waals surface area contributed by atoms with Crippen molar-refractivity contribution in [2.24, 2.45) is 11.7 Å². The van der Waals surface area contributed by atoms with Gasteiger partial charge in [0.05, 0.1) is 17.6 Å². The minimum absolute atomic E-state index is 0. The van der Waals surface area contributed by atoms with Gasteiger partial charge in [-0.3, -0.25) is 0 Å². The van der Waals surface area contributed by atoms with Crippen LogP contribution in [0.2, 0.25) is 0 Å². The molecule has 0 fully saturated rings. The molecule has 8 heteroatoms. The van der Waals surface area contributed by atoms with Gasteiger partial charge in [-0.25, -0.2) is 17.9 Å². The van der Waals surface area contributed by atoms with Crippen LogP contribution in [0.1, 0.15) is 43.1 Å². The third-order valence-corrected chi connectivity index (χ3v) is 5.25. The first-order valence-electron chi connectivity index (χ1n) is 7.47. The van der Waals surface area contributed by atoms with Crippen LogP contribution in [-0.2, 0) is 14.8 Å². The molecule has 0 bridgehead atoms. The summed E-state index contributed by atoms with van der Waals surface area (Å²) in [6, 6.07) is 4.38. The van der Waals surface area contributed by atoms with Crippen LogP contribution in [0.3, 0.4) is 0 Å². The van der Waals surface area contributed by atoms with E-state index in [9.17, 15) is 13.2 Å². The fraction of sp³-hybridized carbons (Fsp3) is 0.562. The highest BCUT2D eigenvalue weighted by molar-refractivity contribution is 7.89. The molecule has 1 atom stereocenters. The highest BCUT2D eigenvalue weighted by atomic mass is 35.5. The fourth-order valence-corrected chi connectivity index (χ4v) is 4.00. The number of ether oxygens (including phenoxy) is 1. The van der Waals surface area contributed by atoms with Crippen LogP contribution in [0.25, 0.3) is 0 Å². The molecule has 0 aliphatic rings. The monoisotopic (exact) mass is 378 g/mol. The van der Waals surface area contributed by atoms with E-state index >= 15 is 0 Å². The number of carbonyl (C=O) groups excluding carboxylic acids is 1. The summed E-state index contributed by atoms with van der Waals surface area (Å²) in [5, 5.41) is 0. The summed E-state index contributed by atoms with van der Waals surface area (Å²) in [6.07, 6.45) is 0.610. The maximum atomic E-state index is 12.6. The number of benzene rings is 1. The van der Waals surface area contributed by atoms with Crippen molar-refractivity contribution in [2.45, 2.75) is 44.6 Å². The van der Waals surface area contributed by atoms with Crippen LogP contribution in [0.4, 0.5) is 0 Å². The van der Waals surface area contributed by atoms with Crippen LogP contribution in [0.15, 0.2) is 23.1 Å². The molecule has 1 aromatic rings. The molecule has 1 rings (SSSR count). The average molecular weight is 379 g/mol. The zero-order valence-electron chi connectivity index (χ0n) is 14.8. The van der Waals surface area contributed by atoms with E-state index in [2.05, 4.69) is 9.46 Å². The van der Waals surface area contributed by atoms with Crippen molar-refractivity contribution in [1.82, 2.24) is 4.72 Å². The summed E-state index contributed by atoms with van der Waals surface area (Å²) in [4.78, 5) is 11.8. The topological polar surface area (TPSA) is 98.5 Å². The van der Waals surface area contributed by atoms with Crippen molar-refractivity contribution in [2.75, 3.05) is 13.7 Å². The van der Waals surface area contributed by atoms with Gasteiger partial charge in [-0.15, -0.1) is 12.4 Å². The Balaban J connectivity index is 0.00000529. The van der Waals surface area contributed by atoms with E-state index in [0.717, 1.165) is 0 Å². The van der Waals surface area contributed by atoms with Crippen molar-refractivity contribution in [3.63, 3.8) is 0 Å². The number of aryl methyl sites for hydroxylation is 1. The Hall–Kier alpha value is -1.15. The molecule has 0 aliphatic carbocycles. The number of rotatable bonds is 7. The summed E-state index contributed by atoms with van der Waals surface area (Å²) in [5.41, 5.74) is 5.90. The number of hydrogen-bond donors (Lipinski definition) is 2. The SMILES string of the molecule is COC(=O)c1cc(S(=O)(=O)NC(C)(CN)CC(C)C)ccc1C.Cl. The molecule has 3 N–H and O–H groups in total.